The Morgan fingerprint density at radius 1 is 1.11 bits per heavy atom. The predicted molar refractivity (Wildman–Crippen MR) is 131 cm³/mol. The number of likely N-dealkylation sites (tertiary alicyclic amines) is 1. The minimum atomic E-state index is -0.896. The van der Waals surface area contributed by atoms with E-state index in [4.69, 9.17) is 9.47 Å². The number of fused-ring (bicyclic) bond motifs is 5. The fourth-order valence-corrected chi connectivity index (χ4v) is 10.2. The summed E-state index contributed by atoms with van der Waals surface area (Å²) >= 11 is 0. The van der Waals surface area contributed by atoms with E-state index in [0.717, 1.165) is 36.8 Å². The third-order valence-corrected chi connectivity index (χ3v) is 11.9. The van der Waals surface area contributed by atoms with Crippen LogP contribution in [0.2, 0.25) is 0 Å². The molecule has 194 valence electrons. The largest absolute Gasteiger partial charge is 0.462 e. The maximum atomic E-state index is 12.6. The highest BCUT2D eigenvalue weighted by atomic mass is 16.5. The monoisotopic (exact) mass is 485 g/mol. The van der Waals surface area contributed by atoms with Gasteiger partial charge in [-0.25, -0.2) is 4.79 Å². The highest BCUT2D eigenvalue weighted by molar-refractivity contribution is 5.85. The molecule has 4 saturated carbocycles. The number of aliphatic hydroxyl groups is 1. The molecular weight excluding hydrogens is 442 g/mol. The SMILES string of the molecule is CC(=O)OC1CC2(O)C3CCC4CC(N5CCCC5)CCC4(C)C3CCC2(C)C1C1=CC(=O)OC1. The zero-order chi connectivity index (χ0) is 24.6. The van der Waals surface area contributed by atoms with Crippen molar-refractivity contribution in [2.24, 2.45) is 34.5 Å². The number of cyclic esters (lactones) is 1. The summed E-state index contributed by atoms with van der Waals surface area (Å²) in [5.74, 6) is 0.654. The van der Waals surface area contributed by atoms with Crippen molar-refractivity contribution < 1.29 is 24.2 Å². The molecule has 0 bridgehead atoms. The number of ether oxygens (including phenoxy) is 2. The van der Waals surface area contributed by atoms with Crippen LogP contribution in [0, 0.1) is 34.5 Å². The molecule has 0 aromatic heterocycles. The first kappa shape index (κ1) is 24.0. The van der Waals surface area contributed by atoms with E-state index in [1.54, 1.807) is 6.08 Å². The highest BCUT2D eigenvalue weighted by Gasteiger charge is 2.71. The third-order valence-electron chi connectivity index (χ3n) is 11.9. The van der Waals surface area contributed by atoms with Crippen LogP contribution >= 0.6 is 0 Å². The van der Waals surface area contributed by atoms with Crippen molar-refractivity contribution in [1.82, 2.24) is 4.90 Å². The van der Waals surface area contributed by atoms with Crippen LogP contribution in [-0.4, -0.2) is 59.4 Å². The number of rotatable bonds is 3. The molecule has 0 aromatic carbocycles. The molecule has 6 aliphatic rings. The minimum absolute atomic E-state index is 0.166. The molecule has 6 nitrogen and oxygen atoms in total. The first-order valence-electron chi connectivity index (χ1n) is 14.2. The summed E-state index contributed by atoms with van der Waals surface area (Å²) in [4.78, 5) is 26.8. The van der Waals surface area contributed by atoms with Gasteiger partial charge in [0.15, 0.2) is 0 Å². The molecule has 9 atom stereocenters. The third kappa shape index (κ3) is 3.48. The van der Waals surface area contributed by atoms with E-state index in [1.165, 1.54) is 58.5 Å². The van der Waals surface area contributed by atoms with Crippen LogP contribution in [0.25, 0.3) is 0 Å². The molecule has 4 aliphatic carbocycles. The normalized spacial score (nSPS) is 49.6. The van der Waals surface area contributed by atoms with Crippen LogP contribution in [0.1, 0.15) is 85.0 Å². The first-order chi connectivity index (χ1) is 16.7. The molecule has 2 heterocycles. The Balaban J connectivity index is 1.29. The van der Waals surface area contributed by atoms with E-state index >= 15 is 0 Å². The van der Waals surface area contributed by atoms with Crippen molar-refractivity contribution in [3.63, 3.8) is 0 Å². The van der Waals surface area contributed by atoms with E-state index in [-0.39, 0.29) is 35.8 Å². The van der Waals surface area contributed by atoms with Gasteiger partial charge in [0, 0.05) is 36.8 Å². The molecule has 6 rings (SSSR count). The molecule has 9 unspecified atom stereocenters. The molecule has 2 aliphatic heterocycles. The van der Waals surface area contributed by atoms with Crippen molar-refractivity contribution in [1.29, 1.82) is 0 Å². The summed E-state index contributed by atoms with van der Waals surface area (Å²) in [7, 11) is 0. The number of nitrogens with zero attached hydrogens (tertiary/aromatic N) is 1. The van der Waals surface area contributed by atoms with Crippen molar-refractivity contribution in [2.75, 3.05) is 19.7 Å². The molecule has 1 saturated heterocycles. The van der Waals surface area contributed by atoms with Gasteiger partial charge in [-0.3, -0.25) is 4.79 Å². The molecule has 0 amide bonds. The topological polar surface area (TPSA) is 76.1 Å². The minimum Gasteiger partial charge on any atom is -0.462 e. The van der Waals surface area contributed by atoms with Crippen LogP contribution in [0.5, 0.6) is 0 Å². The van der Waals surface area contributed by atoms with Crippen molar-refractivity contribution >= 4 is 11.9 Å². The summed E-state index contributed by atoms with van der Waals surface area (Å²) < 4.78 is 11.1. The Morgan fingerprint density at radius 2 is 1.89 bits per heavy atom. The quantitative estimate of drug-likeness (QED) is 0.603. The average Bonchev–Trinajstić information content (AvgIpc) is 3.52. The highest BCUT2D eigenvalue weighted by Crippen LogP contribution is 2.70. The van der Waals surface area contributed by atoms with E-state index in [0.29, 0.717) is 12.3 Å². The van der Waals surface area contributed by atoms with Crippen LogP contribution in [0.3, 0.4) is 0 Å². The Morgan fingerprint density at radius 3 is 2.57 bits per heavy atom. The number of carbonyl (C=O) groups excluding carboxylic acids is 2. The smallest absolute Gasteiger partial charge is 0.331 e. The lowest BCUT2D eigenvalue weighted by molar-refractivity contribution is -0.206. The van der Waals surface area contributed by atoms with Gasteiger partial charge in [0.05, 0.1) is 5.60 Å². The molecular formula is C29H43NO5. The Labute approximate surface area is 209 Å². The second-order valence-corrected chi connectivity index (χ2v) is 13.2. The van der Waals surface area contributed by atoms with Crippen LogP contribution < -0.4 is 0 Å². The van der Waals surface area contributed by atoms with E-state index < -0.39 is 17.1 Å². The number of esters is 2. The van der Waals surface area contributed by atoms with Gasteiger partial charge in [0.2, 0.25) is 0 Å². The zero-order valence-corrected chi connectivity index (χ0v) is 21.8. The summed E-state index contributed by atoms with van der Waals surface area (Å²) in [6.07, 6.45) is 12.5. The van der Waals surface area contributed by atoms with Gasteiger partial charge in [0.1, 0.15) is 12.7 Å². The molecule has 6 heteroatoms. The Bertz CT molecular complexity index is 926. The summed E-state index contributed by atoms with van der Waals surface area (Å²) in [5.41, 5.74) is -0.155. The van der Waals surface area contributed by atoms with Crippen molar-refractivity contribution in [2.45, 2.75) is 103 Å². The van der Waals surface area contributed by atoms with E-state index in [2.05, 4.69) is 18.7 Å². The molecule has 0 spiro atoms. The van der Waals surface area contributed by atoms with Gasteiger partial charge in [-0.15, -0.1) is 0 Å². The second kappa shape index (κ2) is 8.31. The lowest BCUT2D eigenvalue weighted by Gasteiger charge is -2.64. The molecule has 0 aromatic rings. The first-order valence-corrected chi connectivity index (χ1v) is 14.2. The lowest BCUT2D eigenvalue weighted by atomic mass is 9.43. The van der Waals surface area contributed by atoms with Crippen molar-refractivity contribution in [3.05, 3.63) is 11.6 Å². The average molecular weight is 486 g/mol. The maximum Gasteiger partial charge on any atom is 0.331 e. The van der Waals surface area contributed by atoms with Gasteiger partial charge in [-0.05, 0) is 99.6 Å². The molecule has 1 N–H and O–H groups in total. The van der Waals surface area contributed by atoms with E-state index in [1.807, 2.05) is 0 Å². The summed E-state index contributed by atoms with van der Waals surface area (Å²) in [5, 5.41) is 12.6. The zero-order valence-electron chi connectivity index (χ0n) is 21.8. The predicted octanol–water partition coefficient (Wildman–Crippen LogP) is 4.25. The van der Waals surface area contributed by atoms with E-state index in [9.17, 15) is 14.7 Å². The van der Waals surface area contributed by atoms with Gasteiger partial charge in [-0.1, -0.05) is 13.8 Å². The lowest BCUT2D eigenvalue weighted by Crippen LogP contribution is -2.62. The fourth-order valence-electron chi connectivity index (χ4n) is 10.2. The van der Waals surface area contributed by atoms with Crippen LogP contribution in [0.15, 0.2) is 11.6 Å². The fraction of sp³-hybridized carbons (Fsp3) is 0.862. The molecule has 35 heavy (non-hydrogen) atoms. The summed E-state index contributed by atoms with van der Waals surface area (Å²) in [6, 6.07) is 0.750. The standard InChI is InChI=1S/C29H43NO5/c1-18(31)35-24-16-29(33)23-7-6-20-15-21(30-12-4-5-13-30)8-10-27(20,2)22(23)9-11-28(29,3)26(24)19-14-25(32)34-17-19/h14,20-24,26,33H,4-13,15-17H2,1-3H3. The Kier molecular flexibility index (Phi) is 5.69. The van der Waals surface area contributed by atoms with Gasteiger partial charge in [-0.2, -0.15) is 0 Å². The van der Waals surface area contributed by atoms with Crippen molar-refractivity contribution in [3.8, 4) is 0 Å². The molecule has 0 radical (unpaired) electrons. The van der Waals surface area contributed by atoms with Gasteiger partial charge >= 0.3 is 11.9 Å². The van der Waals surface area contributed by atoms with Crippen LogP contribution in [-0.2, 0) is 19.1 Å². The summed E-state index contributed by atoms with van der Waals surface area (Å²) in [6.45, 7) is 8.98. The van der Waals surface area contributed by atoms with Gasteiger partial charge < -0.3 is 19.5 Å². The Hall–Kier alpha value is -1.40. The number of hydrogen-bond donors (Lipinski definition) is 1. The van der Waals surface area contributed by atoms with Gasteiger partial charge in [0.25, 0.3) is 0 Å². The second-order valence-electron chi connectivity index (χ2n) is 13.2. The maximum absolute atomic E-state index is 12.6. The van der Waals surface area contributed by atoms with Crippen LogP contribution in [0.4, 0.5) is 0 Å². The number of carbonyl (C=O) groups is 2. The number of hydrogen-bond acceptors (Lipinski definition) is 6. The molecule has 5 fully saturated rings.